The zero-order valence-electron chi connectivity index (χ0n) is 9.80. The molecule has 0 aliphatic rings. The predicted octanol–water partition coefficient (Wildman–Crippen LogP) is 1.08. The van der Waals surface area contributed by atoms with Crippen LogP contribution in [0.5, 0.6) is 0 Å². The molecule has 6 nitrogen and oxygen atoms in total. The van der Waals surface area contributed by atoms with Gasteiger partial charge in [0.2, 0.25) is 0 Å². The van der Waals surface area contributed by atoms with E-state index in [-0.39, 0.29) is 11.4 Å². The van der Waals surface area contributed by atoms with Gasteiger partial charge in [-0.3, -0.25) is 4.79 Å². The number of H-pyrrole nitrogens is 1. The molecule has 0 atom stereocenters. The minimum atomic E-state index is -0.248. The van der Waals surface area contributed by atoms with Gasteiger partial charge in [-0.2, -0.15) is 0 Å². The minimum Gasteiger partial charge on any atom is -0.383 e. The van der Waals surface area contributed by atoms with Crippen molar-refractivity contribution in [1.29, 1.82) is 0 Å². The Morgan fingerprint density at radius 2 is 2.28 bits per heavy atom. The van der Waals surface area contributed by atoms with Gasteiger partial charge in [-0.15, -0.1) is 0 Å². The maximum Gasteiger partial charge on any atom is 0.253 e. The molecular formula is C11H13N5OS. The Hall–Kier alpha value is -2.02. The first-order valence-electron chi connectivity index (χ1n) is 5.30. The highest BCUT2D eigenvalue weighted by Crippen LogP contribution is 2.18. The van der Waals surface area contributed by atoms with Crippen LogP contribution >= 0.6 is 11.8 Å². The van der Waals surface area contributed by atoms with E-state index in [1.54, 1.807) is 0 Å². The summed E-state index contributed by atoms with van der Waals surface area (Å²) in [4.78, 5) is 22.2. The number of anilines is 2. The molecule has 0 aliphatic heterocycles. The van der Waals surface area contributed by atoms with Crippen LogP contribution in [0.3, 0.4) is 0 Å². The van der Waals surface area contributed by atoms with Crippen molar-refractivity contribution in [2.45, 2.75) is 10.9 Å². The zero-order chi connectivity index (χ0) is 13.0. The van der Waals surface area contributed by atoms with Crippen molar-refractivity contribution in [3.05, 3.63) is 40.3 Å². The molecule has 2 rings (SSSR count). The van der Waals surface area contributed by atoms with E-state index in [1.165, 1.54) is 17.8 Å². The zero-order valence-corrected chi connectivity index (χ0v) is 10.6. The van der Waals surface area contributed by atoms with E-state index in [9.17, 15) is 4.79 Å². The fraction of sp³-hybridized carbons (Fsp3) is 0.182. The molecule has 7 heteroatoms. The summed E-state index contributed by atoms with van der Waals surface area (Å²) in [5.41, 5.74) is 6.16. The molecule has 0 radical (unpaired) electrons. The van der Waals surface area contributed by atoms with Crippen LogP contribution in [0, 0.1) is 0 Å². The number of nitrogens with one attached hydrogen (secondary N) is 2. The molecule has 0 bridgehead atoms. The summed E-state index contributed by atoms with van der Waals surface area (Å²) < 4.78 is 0. The third-order valence-corrected chi connectivity index (χ3v) is 3.07. The highest BCUT2D eigenvalue weighted by molar-refractivity contribution is 7.98. The number of nitrogens with zero attached hydrogens (tertiary/aromatic N) is 2. The summed E-state index contributed by atoms with van der Waals surface area (Å²) in [5.74, 6) is 1.64. The third kappa shape index (κ3) is 3.24. The molecule has 0 unspecified atom stereocenters. The molecule has 0 saturated carbocycles. The summed E-state index contributed by atoms with van der Waals surface area (Å²) >= 11 is 1.38. The maximum absolute atomic E-state index is 11.2. The molecular weight excluding hydrogens is 250 g/mol. The summed E-state index contributed by atoms with van der Waals surface area (Å²) in [6.07, 6.45) is 0. The number of nitrogens with two attached hydrogens (primary N) is 1. The van der Waals surface area contributed by atoms with E-state index in [0.717, 1.165) is 11.5 Å². The van der Waals surface area contributed by atoms with Gasteiger partial charge in [-0.05, 0) is 12.1 Å². The molecule has 0 spiro atoms. The van der Waals surface area contributed by atoms with Crippen LogP contribution in [0.4, 0.5) is 11.6 Å². The average Bonchev–Trinajstić information content (AvgIpc) is 2.35. The van der Waals surface area contributed by atoms with Gasteiger partial charge >= 0.3 is 0 Å². The van der Waals surface area contributed by atoms with Gasteiger partial charge in [0.1, 0.15) is 11.6 Å². The lowest BCUT2D eigenvalue weighted by atomic mass is 10.4. The Morgan fingerprint density at radius 1 is 1.44 bits per heavy atom. The van der Waals surface area contributed by atoms with Gasteiger partial charge in [0.15, 0.2) is 5.16 Å². The molecule has 0 fully saturated rings. The van der Waals surface area contributed by atoms with E-state index < -0.39 is 0 Å². The second kappa shape index (κ2) is 5.54. The second-order valence-electron chi connectivity index (χ2n) is 3.53. The maximum atomic E-state index is 11.2. The minimum absolute atomic E-state index is 0.221. The predicted molar refractivity (Wildman–Crippen MR) is 72.6 cm³/mol. The SMILES string of the molecule is CNc1cccc(CSc2nc(N)cc(=O)[nH]2)n1. The number of thioether (sulfide) groups is 1. The lowest BCUT2D eigenvalue weighted by Gasteiger charge is -2.03. The number of aromatic amines is 1. The molecule has 0 aliphatic carbocycles. The fourth-order valence-corrected chi connectivity index (χ4v) is 2.15. The largest absolute Gasteiger partial charge is 0.383 e. The monoisotopic (exact) mass is 263 g/mol. The number of aromatic nitrogens is 3. The van der Waals surface area contributed by atoms with E-state index in [0.29, 0.717) is 10.9 Å². The van der Waals surface area contributed by atoms with Gasteiger partial charge in [0.05, 0.1) is 5.69 Å². The summed E-state index contributed by atoms with van der Waals surface area (Å²) in [6, 6.07) is 6.97. The molecule has 94 valence electrons. The summed E-state index contributed by atoms with van der Waals surface area (Å²) in [5, 5.41) is 3.47. The van der Waals surface area contributed by atoms with Crippen molar-refractivity contribution in [3.63, 3.8) is 0 Å². The van der Waals surface area contributed by atoms with Gasteiger partial charge < -0.3 is 16.0 Å². The van der Waals surface area contributed by atoms with Crippen LogP contribution in [0.1, 0.15) is 5.69 Å². The Morgan fingerprint density at radius 3 is 3.00 bits per heavy atom. The first kappa shape index (κ1) is 12.4. The van der Waals surface area contributed by atoms with Gasteiger partial charge in [-0.25, -0.2) is 9.97 Å². The van der Waals surface area contributed by atoms with Crippen LogP contribution in [0.25, 0.3) is 0 Å². The molecule has 4 N–H and O–H groups in total. The fourth-order valence-electron chi connectivity index (χ4n) is 1.36. The number of pyridine rings is 1. The number of nitrogen functional groups attached to an aromatic ring is 1. The third-order valence-electron chi connectivity index (χ3n) is 2.16. The first-order valence-corrected chi connectivity index (χ1v) is 6.29. The molecule has 0 aromatic carbocycles. The molecule has 2 aromatic rings. The van der Waals surface area contributed by atoms with Crippen molar-refractivity contribution in [2.75, 3.05) is 18.1 Å². The quantitative estimate of drug-likeness (QED) is 0.564. The molecule has 0 amide bonds. The van der Waals surface area contributed by atoms with E-state index in [4.69, 9.17) is 5.73 Å². The Kier molecular flexibility index (Phi) is 3.83. The second-order valence-corrected chi connectivity index (χ2v) is 4.49. The molecule has 0 saturated heterocycles. The van der Waals surface area contributed by atoms with Crippen molar-refractivity contribution < 1.29 is 0 Å². The smallest absolute Gasteiger partial charge is 0.253 e. The van der Waals surface area contributed by atoms with Gasteiger partial charge in [0.25, 0.3) is 5.56 Å². The Labute approximate surface area is 108 Å². The average molecular weight is 263 g/mol. The van der Waals surface area contributed by atoms with E-state index >= 15 is 0 Å². The lowest BCUT2D eigenvalue weighted by molar-refractivity contribution is 0.943. The Bertz CT molecular complexity index is 598. The van der Waals surface area contributed by atoms with Crippen LogP contribution in [-0.2, 0) is 5.75 Å². The van der Waals surface area contributed by atoms with E-state index in [2.05, 4.69) is 20.3 Å². The molecule has 18 heavy (non-hydrogen) atoms. The van der Waals surface area contributed by atoms with Crippen LogP contribution in [0.2, 0.25) is 0 Å². The summed E-state index contributed by atoms with van der Waals surface area (Å²) in [6.45, 7) is 0. The lowest BCUT2D eigenvalue weighted by Crippen LogP contribution is -2.09. The highest BCUT2D eigenvalue weighted by Gasteiger charge is 2.02. The normalized spacial score (nSPS) is 10.3. The van der Waals surface area contributed by atoms with Crippen molar-refractivity contribution in [2.24, 2.45) is 0 Å². The van der Waals surface area contributed by atoms with Crippen LogP contribution in [0.15, 0.2) is 34.2 Å². The topological polar surface area (TPSA) is 96.7 Å². The number of hydrogen-bond acceptors (Lipinski definition) is 6. The standard InChI is InChI=1S/C11H13N5OS/c1-13-9-4-2-3-7(14-9)6-18-11-15-8(12)5-10(17)16-11/h2-5H,6H2,1H3,(H,13,14)(H3,12,15,16,17). The van der Waals surface area contributed by atoms with Crippen LogP contribution < -0.4 is 16.6 Å². The van der Waals surface area contributed by atoms with Gasteiger partial charge in [-0.1, -0.05) is 17.8 Å². The molecule has 2 heterocycles. The number of rotatable bonds is 4. The first-order chi connectivity index (χ1) is 8.67. The number of hydrogen-bond donors (Lipinski definition) is 3. The van der Waals surface area contributed by atoms with Crippen molar-refractivity contribution in [1.82, 2.24) is 15.0 Å². The van der Waals surface area contributed by atoms with Crippen LogP contribution in [-0.4, -0.2) is 22.0 Å². The summed E-state index contributed by atoms with van der Waals surface area (Å²) in [7, 11) is 1.82. The van der Waals surface area contributed by atoms with E-state index in [1.807, 2.05) is 25.2 Å². The highest BCUT2D eigenvalue weighted by atomic mass is 32.2. The van der Waals surface area contributed by atoms with Crippen molar-refractivity contribution in [3.8, 4) is 0 Å². The van der Waals surface area contributed by atoms with Crippen molar-refractivity contribution >= 4 is 23.4 Å². The Balaban J connectivity index is 2.08. The van der Waals surface area contributed by atoms with Gasteiger partial charge in [0, 0.05) is 18.9 Å². The molecule has 2 aromatic heterocycles.